The molecule has 1 aliphatic carbocycles. The Morgan fingerprint density at radius 1 is 1.35 bits per heavy atom. The highest BCUT2D eigenvalue weighted by molar-refractivity contribution is 6.01. The predicted molar refractivity (Wildman–Crippen MR) is 96.4 cm³/mol. The van der Waals surface area contributed by atoms with Gasteiger partial charge in [-0.15, -0.1) is 0 Å². The SMILES string of the molecule is CCn1ccnc1CN(CCN1C(=O)CNC1=O)C1CC12CCNCC2. The number of amides is 3. The number of rotatable bonds is 7. The molecule has 4 rings (SSSR count). The van der Waals surface area contributed by atoms with E-state index in [1.807, 2.05) is 12.4 Å². The number of nitrogens with zero attached hydrogens (tertiary/aromatic N) is 4. The van der Waals surface area contributed by atoms with Gasteiger partial charge in [-0.05, 0) is 44.7 Å². The van der Waals surface area contributed by atoms with Crippen LogP contribution in [0.5, 0.6) is 0 Å². The summed E-state index contributed by atoms with van der Waals surface area (Å²) in [5, 5.41) is 6.05. The summed E-state index contributed by atoms with van der Waals surface area (Å²) in [6.45, 7) is 7.23. The lowest BCUT2D eigenvalue weighted by molar-refractivity contribution is -0.125. The maximum atomic E-state index is 11.9. The fourth-order valence-corrected chi connectivity index (χ4v) is 4.52. The molecular weight excluding hydrogens is 332 g/mol. The van der Waals surface area contributed by atoms with Crippen molar-refractivity contribution >= 4 is 11.9 Å². The number of aryl methyl sites for hydroxylation is 1. The Morgan fingerprint density at radius 2 is 2.15 bits per heavy atom. The number of hydrogen-bond donors (Lipinski definition) is 2. The van der Waals surface area contributed by atoms with E-state index >= 15 is 0 Å². The number of piperidine rings is 1. The third-order valence-corrected chi connectivity index (χ3v) is 6.22. The lowest BCUT2D eigenvalue weighted by Gasteiger charge is -2.30. The molecule has 2 N–H and O–H groups in total. The van der Waals surface area contributed by atoms with Crippen LogP contribution in [0.25, 0.3) is 0 Å². The van der Waals surface area contributed by atoms with Gasteiger partial charge in [-0.2, -0.15) is 0 Å². The Kier molecular flexibility index (Phi) is 4.71. The zero-order valence-electron chi connectivity index (χ0n) is 15.4. The Morgan fingerprint density at radius 3 is 2.85 bits per heavy atom. The summed E-state index contributed by atoms with van der Waals surface area (Å²) in [5.41, 5.74) is 0.409. The predicted octanol–water partition coefficient (Wildman–Crippen LogP) is 0.399. The van der Waals surface area contributed by atoms with Gasteiger partial charge in [0.05, 0.1) is 13.1 Å². The molecule has 1 aromatic rings. The number of carbonyl (C=O) groups excluding carboxylic acids is 2. The third kappa shape index (κ3) is 3.23. The van der Waals surface area contributed by atoms with Crippen LogP contribution in [0.3, 0.4) is 0 Å². The Balaban J connectivity index is 1.46. The minimum Gasteiger partial charge on any atom is -0.334 e. The molecule has 8 heteroatoms. The van der Waals surface area contributed by atoms with Gasteiger partial charge in [-0.3, -0.25) is 14.6 Å². The number of carbonyl (C=O) groups is 2. The van der Waals surface area contributed by atoms with Crippen LogP contribution in [0.15, 0.2) is 12.4 Å². The van der Waals surface area contributed by atoms with Crippen molar-refractivity contribution in [1.29, 1.82) is 0 Å². The summed E-state index contributed by atoms with van der Waals surface area (Å²) in [7, 11) is 0. The normalized spacial score (nSPS) is 24.5. The van der Waals surface area contributed by atoms with E-state index in [-0.39, 0.29) is 18.5 Å². The highest BCUT2D eigenvalue weighted by Gasteiger charge is 2.56. The van der Waals surface area contributed by atoms with Gasteiger partial charge >= 0.3 is 6.03 Å². The van der Waals surface area contributed by atoms with Gasteiger partial charge in [0, 0.05) is 38.1 Å². The lowest BCUT2D eigenvalue weighted by atomic mass is 9.93. The maximum Gasteiger partial charge on any atom is 0.324 e. The van der Waals surface area contributed by atoms with Crippen molar-refractivity contribution < 1.29 is 9.59 Å². The molecule has 3 fully saturated rings. The van der Waals surface area contributed by atoms with E-state index in [1.165, 1.54) is 24.2 Å². The summed E-state index contributed by atoms with van der Waals surface area (Å²) in [5.74, 6) is 0.929. The summed E-state index contributed by atoms with van der Waals surface area (Å²) < 4.78 is 2.16. The van der Waals surface area contributed by atoms with Crippen LogP contribution < -0.4 is 10.6 Å². The second-order valence-corrected chi connectivity index (χ2v) is 7.64. The fraction of sp³-hybridized carbons (Fsp3) is 0.722. The molecule has 1 aromatic heterocycles. The van der Waals surface area contributed by atoms with Crippen molar-refractivity contribution in [3.8, 4) is 0 Å². The smallest absolute Gasteiger partial charge is 0.324 e. The van der Waals surface area contributed by atoms with Crippen LogP contribution in [0, 0.1) is 5.41 Å². The van der Waals surface area contributed by atoms with Crippen molar-refractivity contribution in [1.82, 2.24) is 30.0 Å². The summed E-state index contributed by atoms with van der Waals surface area (Å²) >= 11 is 0. The molecule has 3 heterocycles. The molecule has 2 aliphatic heterocycles. The maximum absolute atomic E-state index is 11.9. The number of nitrogens with one attached hydrogen (secondary N) is 2. The summed E-state index contributed by atoms with van der Waals surface area (Å²) in [4.78, 5) is 32.1. The van der Waals surface area contributed by atoms with Crippen molar-refractivity contribution in [3.63, 3.8) is 0 Å². The molecule has 1 atom stereocenters. The highest BCUT2D eigenvalue weighted by atomic mass is 16.2. The molecule has 8 nitrogen and oxygen atoms in total. The lowest BCUT2D eigenvalue weighted by Crippen LogP contribution is -2.42. The molecule has 142 valence electrons. The molecule has 0 bridgehead atoms. The number of imide groups is 1. The van der Waals surface area contributed by atoms with E-state index in [1.54, 1.807) is 0 Å². The molecular formula is C18H28N6O2. The van der Waals surface area contributed by atoms with Crippen molar-refractivity contribution in [2.24, 2.45) is 5.41 Å². The topological polar surface area (TPSA) is 82.5 Å². The monoisotopic (exact) mass is 360 g/mol. The van der Waals surface area contributed by atoms with E-state index < -0.39 is 0 Å². The first-order valence-electron chi connectivity index (χ1n) is 9.66. The van der Waals surface area contributed by atoms with E-state index in [0.717, 1.165) is 32.0 Å². The van der Waals surface area contributed by atoms with Crippen molar-refractivity contribution in [2.45, 2.75) is 45.3 Å². The number of imidazole rings is 1. The van der Waals surface area contributed by atoms with Crippen LogP contribution in [-0.2, 0) is 17.9 Å². The first kappa shape index (κ1) is 17.5. The van der Waals surface area contributed by atoms with Gasteiger partial charge in [0.25, 0.3) is 0 Å². The van der Waals surface area contributed by atoms with Gasteiger partial charge in [0.2, 0.25) is 5.91 Å². The van der Waals surface area contributed by atoms with Gasteiger partial charge in [0.1, 0.15) is 5.82 Å². The first-order valence-corrected chi connectivity index (χ1v) is 9.66. The molecule has 3 amide bonds. The Hall–Kier alpha value is -1.93. The fourth-order valence-electron chi connectivity index (χ4n) is 4.52. The average molecular weight is 360 g/mol. The van der Waals surface area contributed by atoms with E-state index in [2.05, 4.69) is 32.0 Å². The summed E-state index contributed by atoms with van der Waals surface area (Å²) in [6.07, 6.45) is 7.49. The molecule has 0 radical (unpaired) electrons. The first-order chi connectivity index (χ1) is 12.6. The average Bonchev–Trinajstić information content (AvgIpc) is 2.99. The standard InChI is InChI=1S/C18H28N6O2/c1-2-22-8-7-20-15(22)13-23(9-10-24-16(25)12-21-17(24)26)14-11-18(14)3-5-19-6-4-18/h7-8,14,19H,2-6,9-13H2,1H3,(H,21,26). The van der Waals surface area contributed by atoms with Gasteiger partial charge in [-0.1, -0.05) is 0 Å². The van der Waals surface area contributed by atoms with E-state index in [4.69, 9.17) is 0 Å². The summed E-state index contributed by atoms with van der Waals surface area (Å²) in [6, 6.07) is 0.254. The van der Waals surface area contributed by atoms with Crippen LogP contribution in [0.1, 0.15) is 32.0 Å². The molecule has 0 aromatic carbocycles. The zero-order valence-corrected chi connectivity index (χ0v) is 15.4. The Bertz CT molecular complexity index is 665. The molecule has 1 unspecified atom stereocenters. The molecule has 1 spiro atoms. The highest BCUT2D eigenvalue weighted by Crippen LogP contribution is 2.55. The minimum absolute atomic E-state index is 0.123. The van der Waals surface area contributed by atoms with Gasteiger partial charge in [0.15, 0.2) is 0 Å². The van der Waals surface area contributed by atoms with Gasteiger partial charge in [-0.25, -0.2) is 9.78 Å². The third-order valence-electron chi connectivity index (χ3n) is 6.22. The van der Waals surface area contributed by atoms with E-state index in [0.29, 0.717) is 24.5 Å². The van der Waals surface area contributed by atoms with Crippen molar-refractivity contribution in [3.05, 3.63) is 18.2 Å². The number of aromatic nitrogens is 2. The molecule has 1 saturated carbocycles. The van der Waals surface area contributed by atoms with Crippen LogP contribution >= 0.6 is 0 Å². The van der Waals surface area contributed by atoms with Crippen LogP contribution in [-0.4, -0.2) is 70.1 Å². The van der Waals surface area contributed by atoms with Crippen LogP contribution in [0.2, 0.25) is 0 Å². The second-order valence-electron chi connectivity index (χ2n) is 7.64. The van der Waals surface area contributed by atoms with Crippen LogP contribution in [0.4, 0.5) is 4.79 Å². The molecule has 3 aliphatic rings. The Labute approximate surface area is 153 Å². The largest absolute Gasteiger partial charge is 0.334 e. The van der Waals surface area contributed by atoms with E-state index in [9.17, 15) is 9.59 Å². The second kappa shape index (κ2) is 7.00. The molecule has 26 heavy (non-hydrogen) atoms. The number of urea groups is 1. The number of hydrogen-bond acceptors (Lipinski definition) is 5. The van der Waals surface area contributed by atoms with Gasteiger partial charge < -0.3 is 15.2 Å². The van der Waals surface area contributed by atoms with Crippen molar-refractivity contribution in [2.75, 3.05) is 32.7 Å². The molecule has 2 saturated heterocycles. The zero-order chi connectivity index (χ0) is 18.1. The minimum atomic E-state index is -0.266. The quantitative estimate of drug-likeness (QED) is 0.688.